The third-order valence-corrected chi connectivity index (χ3v) is 5.13. The smallest absolute Gasteiger partial charge is 0.414 e. The Morgan fingerprint density at radius 2 is 1.78 bits per heavy atom. The Morgan fingerprint density at radius 3 is 2.50 bits per heavy atom. The van der Waals surface area contributed by atoms with Crippen molar-refractivity contribution in [3.63, 3.8) is 0 Å². The van der Waals surface area contributed by atoms with Crippen LogP contribution < -0.4 is 10.3 Å². The second-order valence-electron chi connectivity index (χ2n) is 7.29. The van der Waals surface area contributed by atoms with E-state index in [0.29, 0.717) is 23.6 Å². The first-order chi connectivity index (χ1) is 15.5. The number of carbonyl (C=O) groups excluding carboxylic acids is 1. The predicted octanol–water partition coefficient (Wildman–Crippen LogP) is 3.49. The molecular formula is C23H18FN5O3. The van der Waals surface area contributed by atoms with Crippen molar-refractivity contribution in [2.75, 3.05) is 18.1 Å². The standard InChI is InChI=1S/C23H18FN5O3/c1-15-13-20(29(25-15)16-5-3-2-4-6-16)22-21(30)9-10-28(26-22)19-8-7-17(14-18(19)24)27-11-12-32-23(27)31/h2-10,13-14H,11-12H2,1H3. The molecular weight excluding hydrogens is 413 g/mol. The molecule has 1 aliphatic heterocycles. The van der Waals surface area contributed by atoms with Crippen LogP contribution in [-0.4, -0.2) is 38.8 Å². The number of amides is 1. The van der Waals surface area contributed by atoms with Gasteiger partial charge in [-0.25, -0.2) is 18.5 Å². The number of cyclic esters (lactones) is 1. The lowest BCUT2D eigenvalue weighted by molar-refractivity contribution is 0.181. The zero-order chi connectivity index (χ0) is 22.2. The van der Waals surface area contributed by atoms with Crippen LogP contribution in [0.1, 0.15) is 5.69 Å². The van der Waals surface area contributed by atoms with Crippen LogP contribution in [0.5, 0.6) is 0 Å². The minimum Gasteiger partial charge on any atom is -0.447 e. The van der Waals surface area contributed by atoms with E-state index in [1.807, 2.05) is 37.3 Å². The summed E-state index contributed by atoms with van der Waals surface area (Å²) in [5.41, 5.74) is 2.37. The summed E-state index contributed by atoms with van der Waals surface area (Å²) in [6.45, 7) is 2.45. The van der Waals surface area contributed by atoms with Crippen molar-refractivity contribution < 1.29 is 13.9 Å². The molecule has 0 N–H and O–H groups in total. The molecule has 3 heterocycles. The van der Waals surface area contributed by atoms with E-state index in [4.69, 9.17) is 4.74 Å². The number of ether oxygens (including phenoxy) is 1. The van der Waals surface area contributed by atoms with Crippen molar-refractivity contribution in [3.05, 3.63) is 88.6 Å². The maximum atomic E-state index is 15.0. The summed E-state index contributed by atoms with van der Waals surface area (Å²) in [5.74, 6) is -0.586. The molecule has 0 atom stereocenters. The first-order valence-corrected chi connectivity index (χ1v) is 9.98. The van der Waals surface area contributed by atoms with Gasteiger partial charge in [-0.3, -0.25) is 9.69 Å². The van der Waals surface area contributed by atoms with Gasteiger partial charge in [-0.15, -0.1) is 0 Å². The number of nitrogens with zero attached hydrogens (tertiary/aromatic N) is 5. The van der Waals surface area contributed by atoms with Gasteiger partial charge in [0.15, 0.2) is 11.5 Å². The van der Waals surface area contributed by atoms with Crippen LogP contribution in [0.4, 0.5) is 14.9 Å². The van der Waals surface area contributed by atoms with E-state index >= 15 is 0 Å². The van der Waals surface area contributed by atoms with E-state index in [0.717, 1.165) is 5.69 Å². The molecule has 0 bridgehead atoms. The monoisotopic (exact) mass is 431 g/mol. The van der Waals surface area contributed by atoms with Crippen LogP contribution >= 0.6 is 0 Å². The van der Waals surface area contributed by atoms with Gasteiger partial charge in [-0.1, -0.05) is 18.2 Å². The average molecular weight is 431 g/mol. The van der Waals surface area contributed by atoms with E-state index in [9.17, 15) is 14.0 Å². The fraction of sp³-hybridized carbons (Fsp3) is 0.130. The molecule has 0 radical (unpaired) electrons. The highest BCUT2D eigenvalue weighted by Crippen LogP contribution is 2.24. The van der Waals surface area contributed by atoms with Crippen LogP contribution in [0, 0.1) is 12.7 Å². The third kappa shape index (κ3) is 3.43. The number of anilines is 1. The van der Waals surface area contributed by atoms with Crippen molar-refractivity contribution in [2.45, 2.75) is 6.92 Å². The fourth-order valence-corrected chi connectivity index (χ4v) is 3.63. The molecule has 32 heavy (non-hydrogen) atoms. The summed E-state index contributed by atoms with van der Waals surface area (Å²) in [6, 6.07) is 16.9. The highest BCUT2D eigenvalue weighted by molar-refractivity contribution is 5.89. The van der Waals surface area contributed by atoms with E-state index in [-0.39, 0.29) is 23.4 Å². The van der Waals surface area contributed by atoms with Gasteiger partial charge in [0.2, 0.25) is 5.43 Å². The summed E-state index contributed by atoms with van der Waals surface area (Å²) in [7, 11) is 0. The first kappa shape index (κ1) is 19.7. The number of hydrogen-bond acceptors (Lipinski definition) is 5. The van der Waals surface area contributed by atoms with Gasteiger partial charge in [0, 0.05) is 12.3 Å². The van der Waals surface area contributed by atoms with Crippen molar-refractivity contribution in [1.29, 1.82) is 0 Å². The van der Waals surface area contributed by atoms with E-state index < -0.39 is 11.9 Å². The highest BCUT2D eigenvalue weighted by atomic mass is 19.1. The van der Waals surface area contributed by atoms with Gasteiger partial charge in [0.25, 0.3) is 0 Å². The highest BCUT2D eigenvalue weighted by Gasteiger charge is 2.24. The minimum absolute atomic E-state index is 0.142. The van der Waals surface area contributed by atoms with E-state index in [1.54, 1.807) is 16.8 Å². The molecule has 160 valence electrons. The van der Waals surface area contributed by atoms with Crippen molar-refractivity contribution in [3.8, 4) is 22.8 Å². The fourth-order valence-electron chi connectivity index (χ4n) is 3.63. The number of hydrogen-bond donors (Lipinski definition) is 0. The summed E-state index contributed by atoms with van der Waals surface area (Å²) in [6.07, 6.45) is 0.898. The van der Waals surface area contributed by atoms with Gasteiger partial charge < -0.3 is 4.74 Å². The molecule has 0 spiro atoms. The van der Waals surface area contributed by atoms with E-state index in [1.165, 1.54) is 34.0 Å². The van der Waals surface area contributed by atoms with Gasteiger partial charge in [-0.05, 0) is 43.3 Å². The molecule has 8 nitrogen and oxygen atoms in total. The number of halogens is 1. The van der Waals surface area contributed by atoms with Crippen LogP contribution in [-0.2, 0) is 4.74 Å². The topological polar surface area (TPSA) is 82.3 Å². The van der Waals surface area contributed by atoms with Gasteiger partial charge in [-0.2, -0.15) is 10.2 Å². The Bertz CT molecular complexity index is 1380. The summed E-state index contributed by atoms with van der Waals surface area (Å²) in [5, 5.41) is 8.90. The Morgan fingerprint density at radius 1 is 0.969 bits per heavy atom. The molecule has 1 fully saturated rings. The molecule has 0 aliphatic carbocycles. The lowest BCUT2D eigenvalue weighted by Gasteiger charge is -2.15. The quantitative estimate of drug-likeness (QED) is 0.494. The number of rotatable bonds is 4. The lowest BCUT2D eigenvalue weighted by Crippen LogP contribution is -2.23. The Kier molecular flexibility index (Phi) is 4.78. The number of aryl methyl sites for hydroxylation is 1. The maximum Gasteiger partial charge on any atom is 0.414 e. The van der Waals surface area contributed by atoms with E-state index in [2.05, 4.69) is 10.2 Å². The van der Waals surface area contributed by atoms with Crippen LogP contribution in [0.25, 0.3) is 22.8 Å². The second kappa shape index (κ2) is 7.77. The molecule has 0 unspecified atom stereocenters. The lowest BCUT2D eigenvalue weighted by atomic mass is 10.2. The molecule has 2 aromatic heterocycles. The van der Waals surface area contributed by atoms with Crippen molar-refractivity contribution >= 4 is 11.8 Å². The number of benzene rings is 2. The van der Waals surface area contributed by atoms with Gasteiger partial charge in [0.1, 0.15) is 12.3 Å². The van der Waals surface area contributed by atoms with Crippen LogP contribution in [0.15, 0.2) is 71.7 Å². The van der Waals surface area contributed by atoms with Gasteiger partial charge >= 0.3 is 6.09 Å². The molecule has 1 aliphatic rings. The number of para-hydroxylation sites is 1. The zero-order valence-electron chi connectivity index (χ0n) is 17.1. The Balaban J connectivity index is 1.58. The normalized spacial score (nSPS) is 13.4. The van der Waals surface area contributed by atoms with Crippen molar-refractivity contribution in [1.82, 2.24) is 19.6 Å². The SMILES string of the molecule is Cc1cc(-c2nn(-c3ccc(N4CCOC4=O)cc3F)ccc2=O)n(-c2ccccc2)n1. The average Bonchev–Trinajstić information content (AvgIpc) is 3.40. The second-order valence-corrected chi connectivity index (χ2v) is 7.29. The molecule has 2 aromatic carbocycles. The molecule has 4 aromatic rings. The molecule has 9 heteroatoms. The largest absolute Gasteiger partial charge is 0.447 e. The Labute approximate surface area is 182 Å². The number of aromatic nitrogens is 4. The maximum absolute atomic E-state index is 15.0. The first-order valence-electron chi connectivity index (χ1n) is 9.98. The van der Waals surface area contributed by atoms with Gasteiger partial charge in [0.05, 0.1) is 29.3 Å². The zero-order valence-corrected chi connectivity index (χ0v) is 17.1. The third-order valence-electron chi connectivity index (χ3n) is 5.13. The summed E-state index contributed by atoms with van der Waals surface area (Å²) in [4.78, 5) is 25.8. The van der Waals surface area contributed by atoms with Crippen LogP contribution in [0.2, 0.25) is 0 Å². The Hall–Kier alpha value is -4.27. The molecule has 5 rings (SSSR count). The minimum atomic E-state index is -0.586. The molecule has 0 saturated carbocycles. The predicted molar refractivity (Wildman–Crippen MR) is 116 cm³/mol. The van der Waals surface area contributed by atoms with Crippen LogP contribution in [0.3, 0.4) is 0 Å². The van der Waals surface area contributed by atoms with Crippen molar-refractivity contribution in [2.24, 2.45) is 0 Å². The molecule has 1 amide bonds. The summed E-state index contributed by atoms with van der Waals surface area (Å²) < 4.78 is 22.8. The summed E-state index contributed by atoms with van der Waals surface area (Å²) >= 11 is 0. The number of carbonyl (C=O) groups is 1. The molecule has 1 saturated heterocycles.